The van der Waals surface area contributed by atoms with Gasteiger partial charge in [-0.1, -0.05) is 40.9 Å². The van der Waals surface area contributed by atoms with Gasteiger partial charge in [-0.3, -0.25) is 4.79 Å². The number of aromatic amines is 1. The molecule has 0 bridgehead atoms. The molecule has 0 saturated carbocycles. The largest absolute Gasteiger partial charge is 0.477 e. The molecule has 0 aliphatic rings. The van der Waals surface area contributed by atoms with Crippen molar-refractivity contribution in [3.63, 3.8) is 0 Å². The Morgan fingerprint density at radius 3 is 2.26 bits per heavy atom. The second-order valence-electron chi connectivity index (χ2n) is 3.64. The zero-order valence-corrected chi connectivity index (χ0v) is 11.5. The van der Waals surface area contributed by atoms with E-state index in [0.717, 1.165) is 0 Å². The van der Waals surface area contributed by atoms with Crippen LogP contribution >= 0.6 is 34.8 Å². The first-order valence-corrected chi connectivity index (χ1v) is 6.15. The molecule has 19 heavy (non-hydrogen) atoms. The van der Waals surface area contributed by atoms with Gasteiger partial charge in [0.1, 0.15) is 5.69 Å². The Morgan fingerprint density at radius 1 is 1.00 bits per heavy atom. The average Bonchev–Trinajstić information content (AvgIpc) is 2.37. The number of carboxylic acids is 1. The second kappa shape index (κ2) is 5.25. The van der Waals surface area contributed by atoms with Gasteiger partial charge in [0, 0.05) is 17.2 Å². The maximum atomic E-state index is 11.2. The lowest BCUT2D eigenvalue weighted by molar-refractivity contribution is 0.0691. The molecule has 1 aromatic heterocycles. The summed E-state index contributed by atoms with van der Waals surface area (Å²) in [5, 5.41) is 9.61. The predicted octanol–water partition coefficient (Wildman–Crippen LogP) is 3.70. The molecule has 0 spiro atoms. The molecular weight excluding hydrogens is 312 g/mol. The van der Waals surface area contributed by atoms with Crippen LogP contribution in [0, 0.1) is 0 Å². The minimum Gasteiger partial charge on any atom is -0.477 e. The van der Waals surface area contributed by atoms with Crippen LogP contribution in [-0.2, 0) is 0 Å². The number of hydrogen-bond donors (Lipinski definition) is 2. The van der Waals surface area contributed by atoms with Crippen LogP contribution in [0.5, 0.6) is 0 Å². The number of nitrogens with one attached hydrogen (secondary N) is 1. The third-order valence-electron chi connectivity index (χ3n) is 2.46. The fourth-order valence-electron chi connectivity index (χ4n) is 1.60. The number of carboxylic acid groups (broad SMARTS) is 1. The Kier molecular flexibility index (Phi) is 3.85. The molecule has 1 heterocycles. The number of H-pyrrole nitrogens is 1. The minimum atomic E-state index is -1.27. The van der Waals surface area contributed by atoms with Crippen molar-refractivity contribution in [3.05, 3.63) is 55.4 Å². The number of carbonyl (C=O) groups is 1. The highest BCUT2D eigenvalue weighted by Gasteiger charge is 2.17. The molecular formula is C12H6Cl3NO3. The van der Waals surface area contributed by atoms with E-state index in [1.807, 2.05) is 0 Å². The highest BCUT2D eigenvalue weighted by atomic mass is 35.5. The van der Waals surface area contributed by atoms with E-state index in [1.165, 1.54) is 24.3 Å². The summed E-state index contributed by atoms with van der Waals surface area (Å²) in [6, 6.07) is 5.62. The highest BCUT2D eigenvalue weighted by molar-refractivity contribution is 6.49. The summed E-state index contributed by atoms with van der Waals surface area (Å²) in [5.41, 5.74) is -0.134. The van der Waals surface area contributed by atoms with Crippen LogP contribution in [0.15, 0.2) is 29.1 Å². The molecule has 0 radical (unpaired) electrons. The van der Waals surface area contributed by atoms with Crippen molar-refractivity contribution >= 4 is 40.8 Å². The Labute approximate surface area is 122 Å². The summed E-state index contributed by atoms with van der Waals surface area (Å²) in [6.07, 6.45) is 0. The summed E-state index contributed by atoms with van der Waals surface area (Å²) in [7, 11) is 0. The van der Waals surface area contributed by atoms with Gasteiger partial charge in [-0.05, 0) is 12.1 Å². The SMILES string of the molecule is O=C(O)c1[nH]c(=O)ccc1-c1ccc(Cl)c(Cl)c1Cl. The zero-order valence-electron chi connectivity index (χ0n) is 9.21. The number of hydrogen-bond acceptors (Lipinski definition) is 2. The van der Waals surface area contributed by atoms with Gasteiger partial charge in [0.2, 0.25) is 5.56 Å². The molecule has 0 aliphatic heterocycles. The number of aromatic carboxylic acids is 1. The molecule has 0 fully saturated rings. The molecule has 98 valence electrons. The fraction of sp³-hybridized carbons (Fsp3) is 0. The molecule has 0 unspecified atom stereocenters. The Balaban J connectivity index is 2.76. The van der Waals surface area contributed by atoms with Crippen LogP contribution in [0.4, 0.5) is 0 Å². The van der Waals surface area contributed by atoms with Gasteiger partial charge in [-0.25, -0.2) is 4.79 Å². The molecule has 7 heteroatoms. The third-order valence-corrected chi connectivity index (χ3v) is 3.75. The van der Waals surface area contributed by atoms with Gasteiger partial charge in [0.15, 0.2) is 0 Å². The Morgan fingerprint density at radius 2 is 1.63 bits per heavy atom. The van der Waals surface area contributed by atoms with Crippen molar-refractivity contribution in [1.29, 1.82) is 0 Å². The van der Waals surface area contributed by atoms with E-state index in [0.29, 0.717) is 5.56 Å². The molecule has 0 aliphatic carbocycles. The molecule has 0 atom stereocenters. The third kappa shape index (κ3) is 2.61. The topological polar surface area (TPSA) is 70.2 Å². The number of rotatable bonds is 2. The lowest BCUT2D eigenvalue weighted by Crippen LogP contribution is -2.13. The normalized spacial score (nSPS) is 10.5. The molecule has 1 aromatic carbocycles. The summed E-state index contributed by atoms with van der Waals surface area (Å²) in [6.45, 7) is 0. The molecule has 0 saturated heterocycles. The standard InChI is InChI=1S/C12H6Cl3NO3/c13-7-3-1-5(9(14)10(7)15)6-2-4-8(17)16-11(6)12(18)19/h1-4H,(H,16,17)(H,18,19). The van der Waals surface area contributed by atoms with Gasteiger partial charge < -0.3 is 10.1 Å². The van der Waals surface area contributed by atoms with Crippen LogP contribution in [0.3, 0.4) is 0 Å². The Bertz CT molecular complexity index is 725. The highest BCUT2D eigenvalue weighted by Crippen LogP contribution is 2.38. The van der Waals surface area contributed by atoms with Crippen LogP contribution in [0.1, 0.15) is 10.5 Å². The van der Waals surface area contributed by atoms with Gasteiger partial charge in [0.05, 0.1) is 15.1 Å². The van der Waals surface area contributed by atoms with E-state index in [4.69, 9.17) is 39.9 Å². The van der Waals surface area contributed by atoms with E-state index >= 15 is 0 Å². The van der Waals surface area contributed by atoms with Gasteiger partial charge >= 0.3 is 5.97 Å². The first kappa shape index (κ1) is 13.9. The summed E-state index contributed by atoms with van der Waals surface area (Å²) in [4.78, 5) is 24.6. The van der Waals surface area contributed by atoms with Crippen molar-refractivity contribution in [3.8, 4) is 11.1 Å². The molecule has 2 aromatic rings. The van der Waals surface area contributed by atoms with Crippen LogP contribution < -0.4 is 5.56 Å². The lowest BCUT2D eigenvalue weighted by atomic mass is 10.0. The summed E-state index contributed by atoms with van der Waals surface area (Å²) < 4.78 is 0. The monoisotopic (exact) mass is 317 g/mol. The van der Waals surface area contributed by atoms with Gasteiger partial charge in [-0.2, -0.15) is 0 Å². The zero-order chi connectivity index (χ0) is 14.2. The fourth-order valence-corrected chi connectivity index (χ4v) is 2.24. The number of halogens is 3. The summed E-state index contributed by atoms with van der Waals surface area (Å²) in [5.74, 6) is -1.27. The van der Waals surface area contributed by atoms with Crippen molar-refractivity contribution in [2.75, 3.05) is 0 Å². The maximum absolute atomic E-state index is 11.2. The van der Waals surface area contributed by atoms with Crippen molar-refractivity contribution < 1.29 is 9.90 Å². The van der Waals surface area contributed by atoms with Crippen molar-refractivity contribution in [1.82, 2.24) is 4.98 Å². The van der Waals surface area contributed by atoms with Crippen LogP contribution in [0.2, 0.25) is 15.1 Å². The molecule has 2 N–H and O–H groups in total. The molecule has 2 rings (SSSR count). The van der Waals surface area contributed by atoms with Crippen LogP contribution in [0.25, 0.3) is 11.1 Å². The van der Waals surface area contributed by atoms with Crippen LogP contribution in [-0.4, -0.2) is 16.1 Å². The second-order valence-corrected chi connectivity index (χ2v) is 4.80. The summed E-state index contributed by atoms with van der Waals surface area (Å²) >= 11 is 17.8. The number of benzene rings is 1. The van der Waals surface area contributed by atoms with Gasteiger partial charge in [0.25, 0.3) is 0 Å². The Hall–Kier alpha value is -1.49. The van der Waals surface area contributed by atoms with Gasteiger partial charge in [-0.15, -0.1) is 0 Å². The van der Waals surface area contributed by atoms with E-state index in [9.17, 15) is 9.59 Å². The quantitative estimate of drug-likeness (QED) is 0.829. The lowest BCUT2D eigenvalue weighted by Gasteiger charge is -2.09. The van der Waals surface area contributed by atoms with Crippen molar-refractivity contribution in [2.45, 2.75) is 0 Å². The first-order chi connectivity index (χ1) is 8.91. The maximum Gasteiger partial charge on any atom is 0.353 e. The molecule has 0 amide bonds. The molecule has 4 nitrogen and oxygen atoms in total. The van der Waals surface area contributed by atoms with E-state index in [2.05, 4.69) is 4.98 Å². The van der Waals surface area contributed by atoms with E-state index < -0.39 is 11.5 Å². The first-order valence-electron chi connectivity index (χ1n) is 5.02. The smallest absolute Gasteiger partial charge is 0.353 e. The number of pyridine rings is 1. The average molecular weight is 319 g/mol. The van der Waals surface area contributed by atoms with Crippen molar-refractivity contribution in [2.24, 2.45) is 0 Å². The number of aromatic nitrogens is 1. The minimum absolute atomic E-state index is 0.128. The van der Waals surface area contributed by atoms with E-state index in [-0.39, 0.29) is 26.3 Å². The predicted molar refractivity (Wildman–Crippen MR) is 74.5 cm³/mol. The van der Waals surface area contributed by atoms with E-state index in [1.54, 1.807) is 0 Å².